The maximum atomic E-state index is 12.6. The zero-order valence-electron chi connectivity index (χ0n) is 19.9. The highest BCUT2D eigenvalue weighted by molar-refractivity contribution is 7.36. The lowest BCUT2D eigenvalue weighted by Gasteiger charge is -2.20. The molecule has 0 bridgehead atoms. The van der Waals surface area contributed by atoms with E-state index in [1.165, 1.54) is 19.3 Å². The second-order valence-corrected chi connectivity index (χ2v) is 11.5. The Morgan fingerprint density at radius 1 is 0.800 bits per heavy atom. The van der Waals surface area contributed by atoms with Crippen LogP contribution in [0.1, 0.15) is 45.4 Å². The number of nitrogens with zero attached hydrogens (tertiary/aromatic N) is 1. The molecule has 0 fully saturated rings. The molecule has 7 heteroatoms. The summed E-state index contributed by atoms with van der Waals surface area (Å²) in [7, 11) is 0.689. The quantitative estimate of drug-likeness (QED) is 0.158. The van der Waals surface area contributed by atoms with Crippen LogP contribution >= 0.6 is 16.7 Å². The van der Waals surface area contributed by atoms with E-state index in [9.17, 15) is 15.2 Å². The van der Waals surface area contributed by atoms with E-state index in [1.807, 2.05) is 48.5 Å². The van der Waals surface area contributed by atoms with Crippen molar-refractivity contribution in [2.75, 3.05) is 0 Å². The molecule has 0 atom stereocenters. The van der Waals surface area contributed by atoms with E-state index in [0.717, 1.165) is 54.7 Å². The van der Waals surface area contributed by atoms with Crippen molar-refractivity contribution < 1.29 is 14.4 Å². The molecular weight excluding hydrogens is 474 g/mol. The van der Waals surface area contributed by atoms with Crippen LogP contribution in [0.3, 0.4) is 0 Å². The molecular formula is C28H30N2O3P2. The third kappa shape index (κ3) is 6.13. The number of unbranched alkanes of at least 4 members (excludes halogenated alkanes) is 4. The predicted octanol–water partition coefficient (Wildman–Crippen LogP) is 8.05. The first-order valence-electron chi connectivity index (χ1n) is 12.0. The molecule has 5 rings (SSSR count). The summed E-state index contributed by atoms with van der Waals surface area (Å²) in [6, 6.07) is 24.4. The minimum atomic E-state index is -1.32. The summed E-state index contributed by atoms with van der Waals surface area (Å²) in [5.41, 5.74) is 4.97. The molecule has 1 heterocycles. The molecule has 180 valence electrons. The Morgan fingerprint density at radius 2 is 1.29 bits per heavy atom. The fourth-order valence-electron chi connectivity index (χ4n) is 4.42. The molecule has 4 aromatic carbocycles. The van der Waals surface area contributed by atoms with Crippen LogP contribution in [-0.2, 0) is 4.79 Å². The van der Waals surface area contributed by atoms with Gasteiger partial charge in [0.1, 0.15) is 0 Å². The summed E-state index contributed by atoms with van der Waals surface area (Å²) in [4.78, 5) is 12.0. The van der Waals surface area contributed by atoms with Gasteiger partial charge in [-0.05, 0) is 40.1 Å². The van der Waals surface area contributed by atoms with E-state index >= 15 is 0 Å². The fourth-order valence-corrected chi connectivity index (χ4v) is 6.68. The molecule has 0 aromatic heterocycles. The number of quaternary nitrogens is 1. The molecule has 1 aliphatic heterocycles. The van der Waals surface area contributed by atoms with Gasteiger partial charge in [0.15, 0.2) is 0 Å². The number of carbonyl (C=O) groups is 1. The molecule has 5 nitrogen and oxygen atoms in total. The van der Waals surface area contributed by atoms with Crippen LogP contribution in [0.2, 0.25) is 0 Å². The van der Waals surface area contributed by atoms with Gasteiger partial charge in [-0.1, -0.05) is 93.3 Å². The van der Waals surface area contributed by atoms with Crippen molar-refractivity contribution in [2.24, 2.45) is 5.73 Å². The minimum Gasteiger partial charge on any atom is -0.585 e. The second-order valence-electron chi connectivity index (χ2n) is 8.71. The van der Waals surface area contributed by atoms with Crippen LogP contribution in [0.5, 0.6) is 0 Å². The molecule has 1 amide bonds. The number of rotatable bonds is 6. The van der Waals surface area contributed by atoms with Crippen LogP contribution < -0.4 is 5.73 Å². The molecule has 0 spiro atoms. The van der Waals surface area contributed by atoms with E-state index in [-0.39, 0.29) is 5.91 Å². The standard InChI is InChI=1S/C20H13NO2P2.C8H17NO/c22-21(23)24-17-11-9-13-5-1-3-7-15(13)19(17)20-16-8-4-2-6-14(16)10-12-18(20)25-21;1-2-3-4-5-6-7-8(9)10/h1-12,22H;2-7H2,1H3,(H2,9,10). The monoisotopic (exact) mass is 504 g/mol. The maximum absolute atomic E-state index is 12.6. The summed E-state index contributed by atoms with van der Waals surface area (Å²) in [6.45, 7) is 2.17. The molecule has 35 heavy (non-hydrogen) atoms. The molecule has 0 radical (unpaired) electrons. The first kappa shape index (κ1) is 25.4. The molecule has 0 unspecified atom stereocenters. The van der Waals surface area contributed by atoms with Crippen molar-refractivity contribution >= 4 is 44.2 Å². The maximum Gasteiger partial charge on any atom is 0.217 e. The number of hydrogen-bond donors (Lipinski definition) is 2. The van der Waals surface area contributed by atoms with Crippen LogP contribution in [0.25, 0.3) is 21.5 Å². The molecule has 0 saturated carbocycles. The van der Waals surface area contributed by atoms with Crippen molar-refractivity contribution in [3.8, 4) is 0 Å². The molecule has 1 aliphatic rings. The Morgan fingerprint density at radius 3 is 1.77 bits per heavy atom. The van der Waals surface area contributed by atoms with E-state index in [2.05, 4.69) is 31.2 Å². The summed E-state index contributed by atoms with van der Waals surface area (Å²) >= 11 is 0. The fraction of sp³-hybridized carbons (Fsp3) is 0.250. The average Bonchev–Trinajstić information content (AvgIpc) is 2.96. The van der Waals surface area contributed by atoms with Crippen LogP contribution in [0.15, 0.2) is 72.8 Å². The molecule has 0 aliphatic carbocycles. The second kappa shape index (κ2) is 11.4. The normalized spacial score (nSPS) is 17.1. The van der Waals surface area contributed by atoms with Crippen molar-refractivity contribution in [2.45, 2.75) is 45.4 Å². The molecule has 3 N–H and O–H groups in total. The van der Waals surface area contributed by atoms with Gasteiger partial charge in [-0.15, -0.1) is 4.35 Å². The highest BCUT2D eigenvalue weighted by atomic mass is 31.1. The van der Waals surface area contributed by atoms with Gasteiger partial charge in [0.25, 0.3) is 0 Å². The van der Waals surface area contributed by atoms with Crippen molar-refractivity contribution in [1.29, 1.82) is 0 Å². The number of carbonyl (C=O) groups excluding carboxylic acids is 1. The Hall–Kier alpha value is -2.65. The van der Waals surface area contributed by atoms with Gasteiger partial charge >= 0.3 is 0 Å². The minimum absolute atomic E-state index is 0.170. The number of nitrogens with two attached hydrogens (primary N) is 1. The number of hydrogen-bond acceptors (Lipinski definition) is 3. The smallest absolute Gasteiger partial charge is 0.217 e. The first-order valence-corrected chi connectivity index (χ1v) is 13.7. The topological polar surface area (TPSA) is 86.4 Å². The van der Waals surface area contributed by atoms with Crippen molar-refractivity contribution in [3.05, 3.63) is 98.3 Å². The van der Waals surface area contributed by atoms with Gasteiger partial charge in [0.05, 0.1) is 9.88 Å². The first-order chi connectivity index (χ1) is 16.9. The van der Waals surface area contributed by atoms with E-state index in [1.54, 1.807) is 0 Å². The lowest BCUT2D eigenvalue weighted by Crippen LogP contribution is -2.11. The van der Waals surface area contributed by atoms with Crippen molar-refractivity contribution in [1.82, 2.24) is 0 Å². The van der Waals surface area contributed by atoms with Crippen LogP contribution in [-0.4, -0.2) is 15.5 Å². The Kier molecular flexibility index (Phi) is 8.28. The van der Waals surface area contributed by atoms with Crippen LogP contribution in [0, 0.1) is 25.5 Å². The average molecular weight is 505 g/mol. The Balaban J connectivity index is 0.000000248. The largest absolute Gasteiger partial charge is 0.585 e. The summed E-state index contributed by atoms with van der Waals surface area (Å²) in [6.07, 6.45) is 6.44. The molecule has 0 saturated heterocycles. The lowest BCUT2D eigenvalue weighted by molar-refractivity contribution is -0.840. The van der Waals surface area contributed by atoms with E-state index in [0.29, 0.717) is 23.1 Å². The lowest BCUT2D eigenvalue weighted by atomic mass is 10.0. The number of fused-ring (bicyclic) bond motifs is 6. The zero-order valence-corrected chi connectivity index (χ0v) is 21.6. The van der Waals surface area contributed by atoms with Gasteiger partial charge in [0, 0.05) is 16.9 Å². The third-order valence-electron chi connectivity index (χ3n) is 6.07. The van der Waals surface area contributed by atoms with Crippen LogP contribution in [0.4, 0.5) is 0 Å². The zero-order chi connectivity index (χ0) is 24.8. The van der Waals surface area contributed by atoms with Gasteiger partial charge < -0.3 is 10.9 Å². The highest BCUT2D eigenvalue weighted by Gasteiger charge is 2.16. The van der Waals surface area contributed by atoms with Crippen molar-refractivity contribution in [3.63, 3.8) is 0 Å². The Labute approximate surface area is 208 Å². The summed E-state index contributed by atoms with van der Waals surface area (Å²) in [5.74, 6) is -0.170. The number of primary amides is 1. The van der Waals surface area contributed by atoms with E-state index in [4.69, 9.17) is 5.73 Å². The predicted molar refractivity (Wildman–Crippen MR) is 145 cm³/mol. The Bertz CT molecular complexity index is 1480. The molecule has 4 aromatic rings. The SMILES string of the molecule is CCCCCCCC(N)=O.[O-][N+]1(O)P=c2ccc3ccccc3c2=c2c(ccc3ccccc23)=P1. The number of amides is 1. The van der Waals surface area contributed by atoms with E-state index < -0.39 is 4.35 Å². The summed E-state index contributed by atoms with van der Waals surface area (Å²) < 4.78 is -1.32. The summed E-state index contributed by atoms with van der Waals surface area (Å²) in [5, 5.41) is 29.6. The third-order valence-corrected chi connectivity index (χ3v) is 8.30. The van der Waals surface area contributed by atoms with Gasteiger partial charge in [-0.3, -0.25) is 4.79 Å². The van der Waals surface area contributed by atoms with Gasteiger partial charge in [-0.2, -0.15) is 0 Å². The van der Waals surface area contributed by atoms with Gasteiger partial charge in [-0.25, -0.2) is 5.21 Å². The highest BCUT2D eigenvalue weighted by Crippen LogP contribution is 2.37. The number of benzene rings is 4. The van der Waals surface area contributed by atoms with Gasteiger partial charge in [0.2, 0.25) is 22.6 Å².